The van der Waals surface area contributed by atoms with Gasteiger partial charge in [0.2, 0.25) is 0 Å². The minimum Gasteiger partial charge on any atom is -0.346 e. The molecule has 0 aliphatic rings. The minimum atomic E-state index is -0.0891. The average Bonchev–Trinajstić information content (AvgIpc) is 2.48. The van der Waals surface area contributed by atoms with Crippen LogP contribution in [0.4, 0.5) is 0 Å². The minimum absolute atomic E-state index is 0.0240. The highest BCUT2D eigenvalue weighted by Crippen LogP contribution is 2.15. The lowest BCUT2D eigenvalue weighted by Crippen LogP contribution is -2.26. The van der Waals surface area contributed by atoms with E-state index in [-0.39, 0.29) is 11.9 Å². The zero-order valence-electron chi connectivity index (χ0n) is 11.7. The molecule has 0 aliphatic carbocycles. The van der Waals surface area contributed by atoms with Crippen molar-refractivity contribution >= 4 is 17.5 Å². The molecule has 3 heteroatoms. The fraction of sp³-hybridized carbons (Fsp3) is 0.235. The van der Waals surface area contributed by atoms with Crippen molar-refractivity contribution in [2.24, 2.45) is 0 Å². The number of carbonyl (C=O) groups excluding carboxylic acids is 1. The summed E-state index contributed by atoms with van der Waals surface area (Å²) in [6.07, 6.45) is 1.02. The van der Waals surface area contributed by atoms with E-state index < -0.39 is 0 Å². The summed E-state index contributed by atoms with van der Waals surface area (Å²) in [5.41, 5.74) is 3.01. The quantitative estimate of drug-likeness (QED) is 0.887. The van der Waals surface area contributed by atoms with Crippen LogP contribution in [-0.2, 0) is 6.42 Å². The number of benzene rings is 2. The molecule has 0 aliphatic heterocycles. The van der Waals surface area contributed by atoms with Crippen LogP contribution in [0.1, 0.15) is 41.4 Å². The second-order valence-corrected chi connectivity index (χ2v) is 5.23. The number of halogens is 1. The van der Waals surface area contributed by atoms with Gasteiger partial charge in [-0.3, -0.25) is 4.79 Å². The van der Waals surface area contributed by atoms with E-state index in [1.807, 2.05) is 6.92 Å². The first-order chi connectivity index (χ1) is 9.60. The summed E-state index contributed by atoms with van der Waals surface area (Å²) in [6.45, 7) is 4.11. The maximum Gasteiger partial charge on any atom is 0.251 e. The van der Waals surface area contributed by atoms with Crippen molar-refractivity contribution in [3.63, 3.8) is 0 Å². The molecule has 0 saturated heterocycles. The Morgan fingerprint density at radius 1 is 1.10 bits per heavy atom. The highest BCUT2D eigenvalue weighted by atomic mass is 35.5. The van der Waals surface area contributed by atoms with Gasteiger partial charge in [-0.1, -0.05) is 42.8 Å². The molecule has 1 N–H and O–H groups in total. The number of hydrogen-bond donors (Lipinski definition) is 1. The molecule has 104 valence electrons. The van der Waals surface area contributed by atoms with Gasteiger partial charge in [0.1, 0.15) is 0 Å². The van der Waals surface area contributed by atoms with E-state index in [4.69, 9.17) is 11.6 Å². The molecule has 2 nitrogen and oxygen atoms in total. The Morgan fingerprint density at radius 3 is 2.25 bits per heavy atom. The highest BCUT2D eigenvalue weighted by Gasteiger charge is 2.11. The summed E-state index contributed by atoms with van der Waals surface area (Å²) in [7, 11) is 0. The zero-order valence-corrected chi connectivity index (χ0v) is 12.4. The number of rotatable bonds is 4. The van der Waals surface area contributed by atoms with Crippen molar-refractivity contribution in [1.82, 2.24) is 5.32 Å². The zero-order chi connectivity index (χ0) is 14.5. The van der Waals surface area contributed by atoms with Gasteiger partial charge < -0.3 is 5.32 Å². The Bertz CT molecular complexity index is 575. The van der Waals surface area contributed by atoms with Gasteiger partial charge in [-0.25, -0.2) is 0 Å². The van der Waals surface area contributed by atoms with Gasteiger partial charge in [-0.2, -0.15) is 0 Å². The molecule has 0 bridgehead atoms. The number of amides is 1. The van der Waals surface area contributed by atoms with Crippen LogP contribution in [-0.4, -0.2) is 5.91 Å². The Hall–Kier alpha value is -1.80. The van der Waals surface area contributed by atoms with Crippen LogP contribution < -0.4 is 5.32 Å². The summed E-state index contributed by atoms with van der Waals surface area (Å²) >= 11 is 5.81. The van der Waals surface area contributed by atoms with Gasteiger partial charge in [0.15, 0.2) is 0 Å². The lowest BCUT2D eigenvalue weighted by atomic mass is 10.0. The molecular formula is C17H18ClNO. The van der Waals surface area contributed by atoms with E-state index in [9.17, 15) is 4.79 Å². The van der Waals surface area contributed by atoms with Crippen LogP contribution in [0.3, 0.4) is 0 Å². The Kier molecular flexibility index (Phi) is 4.80. The summed E-state index contributed by atoms with van der Waals surface area (Å²) in [5, 5.41) is 3.62. The predicted molar refractivity (Wildman–Crippen MR) is 83.2 cm³/mol. The molecule has 1 atom stereocenters. The Balaban J connectivity index is 2.04. The number of aryl methyl sites for hydroxylation is 1. The van der Waals surface area contributed by atoms with Gasteiger partial charge in [-0.15, -0.1) is 0 Å². The van der Waals surface area contributed by atoms with Crippen molar-refractivity contribution in [1.29, 1.82) is 0 Å². The van der Waals surface area contributed by atoms with Crippen LogP contribution >= 0.6 is 11.6 Å². The molecular weight excluding hydrogens is 270 g/mol. The smallest absolute Gasteiger partial charge is 0.251 e. The number of hydrogen-bond acceptors (Lipinski definition) is 1. The van der Waals surface area contributed by atoms with Crippen LogP contribution in [0.2, 0.25) is 5.02 Å². The van der Waals surface area contributed by atoms with Crippen molar-refractivity contribution in [3.8, 4) is 0 Å². The molecule has 0 spiro atoms. The van der Waals surface area contributed by atoms with E-state index in [0.29, 0.717) is 10.6 Å². The van der Waals surface area contributed by atoms with Crippen LogP contribution in [0.5, 0.6) is 0 Å². The average molecular weight is 288 g/mol. The highest BCUT2D eigenvalue weighted by molar-refractivity contribution is 6.30. The molecule has 0 fully saturated rings. The first-order valence-corrected chi connectivity index (χ1v) is 7.13. The predicted octanol–water partition coefficient (Wildman–Crippen LogP) is 4.39. The normalized spacial score (nSPS) is 11.9. The molecule has 0 radical (unpaired) electrons. The SMILES string of the molecule is CCc1ccc([C@@H](C)NC(=O)c2ccc(Cl)cc2)cc1. The van der Waals surface area contributed by atoms with Gasteiger partial charge in [0.25, 0.3) is 5.91 Å². The van der Waals surface area contributed by atoms with E-state index >= 15 is 0 Å². The topological polar surface area (TPSA) is 29.1 Å². The molecule has 2 aromatic rings. The molecule has 0 unspecified atom stereocenters. The van der Waals surface area contributed by atoms with E-state index in [1.165, 1.54) is 5.56 Å². The summed E-state index contributed by atoms with van der Waals surface area (Å²) in [6, 6.07) is 15.2. The summed E-state index contributed by atoms with van der Waals surface area (Å²) < 4.78 is 0. The first-order valence-electron chi connectivity index (χ1n) is 6.75. The fourth-order valence-electron chi connectivity index (χ4n) is 2.01. The van der Waals surface area contributed by atoms with Gasteiger partial charge in [0, 0.05) is 10.6 Å². The lowest BCUT2D eigenvalue weighted by molar-refractivity contribution is 0.0940. The molecule has 0 saturated carbocycles. The van der Waals surface area contributed by atoms with Gasteiger partial charge in [0.05, 0.1) is 6.04 Å². The summed E-state index contributed by atoms with van der Waals surface area (Å²) in [5.74, 6) is -0.0891. The van der Waals surface area contributed by atoms with Gasteiger partial charge in [-0.05, 0) is 48.7 Å². The maximum atomic E-state index is 12.1. The van der Waals surface area contributed by atoms with E-state index in [2.05, 4.69) is 36.5 Å². The first kappa shape index (κ1) is 14.6. The van der Waals surface area contributed by atoms with Crippen molar-refractivity contribution in [2.75, 3.05) is 0 Å². The number of carbonyl (C=O) groups is 1. The molecule has 2 aromatic carbocycles. The largest absolute Gasteiger partial charge is 0.346 e. The van der Waals surface area contributed by atoms with E-state index in [1.54, 1.807) is 24.3 Å². The van der Waals surface area contributed by atoms with Crippen LogP contribution in [0, 0.1) is 0 Å². The molecule has 2 rings (SSSR count). The Morgan fingerprint density at radius 2 is 1.70 bits per heavy atom. The van der Waals surface area contributed by atoms with E-state index in [0.717, 1.165) is 12.0 Å². The second kappa shape index (κ2) is 6.58. The van der Waals surface area contributed by atoms with Crippen molar-refractivity contribution in [3.05, 3.63) is 70.2 Å². The third-order valence-electron chi connectivity index (χ3n) is 3.34. The van der Waals surface area contributed by atoms with Gasteiger partial charge >= 0.3 is 0 Å². The number of nitrogens with one attached hydrogen (secondary N) is 1. The lowest BCUT2D eigenvalue weighted by Gasteiger charge is -2.15. The summed E-state index contributed by atoms with van der Waals surface area (Å²) in [4.78, 5) is 12.1. The fourth-order valence-corrected chi connectivity index (χ4v) is 2.13. The molecule has 0 aromatic heterocycles. The molecule has 0 heterocycles. The third kappa shape index (κ3) is 3.61. The molecule has 1 amide bonds. The standard InChI is InChI=1S/C17H18ClNO/c1-3-13-4-6-14(7-5-13)12(2)19-17(20)15-8-10-16(18)11-9-15/h4-12H,3H2,1-2H3,(H,19,20)/t12-/m1/s1. The Labute approximate surface area is 124 Å². The van der Waals surface area contributed by atoms with Crippen molar-refractivity contribution in [2.45, 2.75) is 26.3 Å². The maximum absolute atomic E-state index is 12.1. The van der Waals surface area contributed by atoms with Crippen LogP contribution in [0.25, 0.3) is 0 Å². The second-order valence-electron chi connectivity index (χ2n) is 4.80. The van der Waals surface area contributed by atoms with Crippen molar-refractivity contribution < 1.29 is 4.79 Å². The molecule has 20 heavy (non-hydrogen) atoms. The monoisotopic (exact) mass is 287 g/mol. The van der Waals surface area contributed by atoms with Crippen LogP contribution in [0.15, 0.2) is 48.5 Å². The third-order valence-corrected chi connectivity index (χ3v) is 3.59.